The molecule has 58 heavy (non-hydrogen) atoms. The Hall–Kier alpha value is -6.29. The normalized spacial score (nSPS) is 12.0. The van der Waals surface area contributed by atoms with Crippen molar-refractivity contribution in [1.82, 2.24) is 0 Å². The molecular weight excluding hydrogens is 733 g/mol. The fourth-order valence-corrected chi connectivity index (χ4v) is 5.74. The summed E-state index contributed by atoms with van der Waals surface area (Å²) < 4.78 is 24.7. The molecule has 10 nitrogen and oxygen atoms in total. The lowest BCUT2D eigenvalue weighted by Gasteiger charge is -2.19. The van der Waals surface area contributed by atoms with Crippen molar-refractivity contribution in [2.45, 2.75) is 73.5 Å². The molecule has 0 saturated heterocycles. The lowest BCUT2D eigenvalue weighted by Crippen LogP contribution is -2.17. The average molecular weight is 787 g/mol. The van der Waals surface area contributed by atoms with Crippen molar-refractivity contribution in [3.8, 4) is 34.1 Å². The maximum atomic E-state index is 14.0. The first kappa shape index (κ1) is 42.8. The highest BCUT2D eigenvalue weighted by molar-refractivity contribution is 6.08. The predicted octanol–water partition coefficient (Wildman–Crippen LogP) is 11.2. The van der Waals surface area contributed by atoms with E-state index < -0.39 is 11.9 Å². The molecule has 0 spiro atoms. The highest BCUT2D eigenvalue weighted by atomic mass is 16.5. The van der Waals surface area contributed by atoms with Crippen molar-refractivity contribution < 1.29 is 38.4 Å². The van der Waals surface area contributed by atoms with E-state index in [1.54, 1.807) is 12.1 Å². The van der Waals surface area contributed by atoms with Crippen molar-refractivity contribution in [3.05, 3.63) is 131 Å². The Balaban J connectivity index is 1.46. The molecule has 10 heteroatoms. The molecule has 0 aromatic heterocycles. The van der Waals surface area contributed by atoms with Crippen molar-refractivity contribution in [2.24, 2.45) is 11.8 Å². The van der Waals surface area contributed by atoms with Crippen LogP contribution in [0.4, 0.5) is 11.4 Å². The zero-order chi connectivity index (χ0) is 41.6. The van der Waals surface area contributed by atoms with Crippen LogP contribution in [-0.2, 0) is 6.61 Å². The van der Waals surface area contributed by atoms with Gasteiger partial charge in [-0.05, 0) is 103 Å². The molecule has 5 rings (SSSR count). The Morgan fingerprint density at radius 2 is 1.22 bits per heavy atom. The lowest BCUT2D eigenvalue weighted by molar-refractivity contribution is 0.0696. The lowest BCUT2D eigenvalue weighted by atomic mass is 10.00. The summed E-state index contributed by atoms with van der Waals surface area (Å²) in [6.45, 7) is 13.4. The minimum Gasteiger partial charge on any atom is -0.493 e. The largest absolute Gasteiger partial charge is 0.493 e. The number of rotatable bonds is 20. The highest BCUT2D eigenvalue weighted by Gasteiger charge is 2.21. The van der Waals surface area contributed by atoms with Crippen LogP contribution in [0.15, 0.2) is 109 Å². The molecule has 5 aromatic carbocycles. The topological polar surface area (TPSA) is 132 Å². The van der Waals surface area contributed by atoms with Crippen LogP contribution in [0.25, 0.3) is 11.1 Å². The van der Waals surface area contributed by atoms with E-state index in [1.165, 1.54) is 18.2 Å². The molecule has 5 aromatic rings. The third-order valence-electron chi connectivity index (χ3n) is 9.71. The Morgan fingerprint density at radius 3 is 1.83 bits per heavy atom. The molecule has 0 bridgehead atoms. The van der Waals surface area contributed by atoms with Gasteiger partial charge in [0.15, 0.2) is 0 Å². The Morgan fingerprint density at radius 1 is 0.621 bits per heavy atom. The molecule has 2 unspecified atom stereocenters. The number of hydrogen-bond donors (Lipinski definition) is 3. The second-order valence-electron chi connectivity index (χ2n) is 14.8. The zero-order valence-corrected chi connectivity index (χ0v) is 34.2. The third kappa shape index (κ3) is 11.9. The number of benzene rings is 5. The Labute approximate surface area is 341 Å². The number of carboxylic acid groups (broad SMARTS) is 1. The summed E-state index contributed by atoms with van der Waals surface area (Å²) >= 11 is 0. The van der Waals surface area contributed by atoms with Gasteiger partial charge in [0.2, 0.25) is 0 Å². The summed E-state index contributed by atoms with van der Waals surface area (Å²) in [6, 6.07) is 31.9. The first-order valence-corrected chi connectivity index (χ1v) is 19.9. The minimum absolute atomic E-state index is 0.0226. The number of hydrogen-bond acceptors (Lipinski definition) is 7. The molecule has 0 radical (unpaired) electrons. The van der Waals surface area contributed by atoms with Crippen molar-refractivity contribution in [2.75, 3.05) is 23.8 Å². The standard InChI is InChI=1S/C48H54N2O8/c1-7-32(5)29-56-44-27-36(19-22-39(44)47(52)50-41-23-20-37(48(53)54)28-45(41)57-30-34-14-10-9-11-15-34)35-18-21-38(43(26-35)55-25-24-31(3)4)46(51)49-40-16-12-13-17-42(40)58-33(6)8-2/h9-23,26-28,31-33H,7-8,24-25,29-30H2,1-6H3,(H,49,51)(H,50,52)(H,53,54). The Kier molecular flexibility index (Phi) is 15.3. The van der Waals surface area contributed by atoms with Crippen LogP contribution in [0, 0.1) is 11.8 Å². The summed E-state index contributed by atoms with van der Waals surface area (Å²) in [4.78, 5) is 39.6. The van der Waals surface area contributed by atoms with Crippen molar-refractivity contribution >= 4 is 29.2 Å². The third-order valence-corrected chi connectivity index (χ3v) is 9.71. The number of carboxylic acids is 1. The van der Waals surface area contributed by atoms with E-state index in [9.17, 15) is 19.5 Å². The average Bonchev–Trinajstić information content (AvgIpc) is 3.22. The van der Waals surface area contributed by atoms with E-state index in [-0.39, 0.29) is 41.4 Å². The van der Waals surface area contributed by atoms with E-state index in [1.807, 2.05) is 92.7 Å². The van der Waals surface area contributed by atoms with Gasteiger partial charge in [0.25, 0.3) is 11.8 Å². The molecule has 2 amide bonds. The van der Waals surface area contributed by atoms with E-state index in [0.29, 0.717) is 53.3 Å². The molecule has 0 aliphatic carbocycles. The van der Waals surface area contributed by atoms with Crippen LogP contribution in [0.5, 0.6) is 23.0 Å². The van der Waals surface area contributed by atoms with Gasteiger partial charge >= 0.3 is 5.97 Å². The van der Waals surface area contributed by atoms with Gasteiger partial charge in [0, 0.05) is 0 Å². The molecule has 0 saturated carbocycles. The summed E-state index contributed by atoms with van der Waals surface area (Å²) in [5.41, 5.74) is 3.96. The van der Waals surface area contributed by atoms with Crippen molar-refractivity contribution in [1.29, 1.82) is 0 Å². The van der Waals surface area contributed by atoms with Crippen LogP contribution in [-0.4, -0.2) is 42.2 Å². The maximum absolute atomic E-state index is 14.0. The van der Waals surface area contributed by atoms with Crippen molar-refractivity contribution in [3.63, 3.8) is 0 Å². The number of anilines is 2. The van der Waals surface area contributed by atoms with Gasteiger partial charge in [-0.2, -0.15) is 0 Å². The number of aromatic carboxylic acids is 1. The summed E-state index contributed by atoms with van der Waals surface area (Å²) in [5, 5.41) is 15.6. The predicted molar refractivity (Wildman–Crippen MR) is 229 cm³/mol. The summed E-state index contributed by atoms with van der Waals surface area (Å²) in [7, 11) is 0. The first-order valence-electron chi connectivity index (χ1n) is 19.9. The first-order chi connectivity index (χ1) is 27.9. The number of carbonyl (C=O) groups is 3. The van der Waals surface area contributed by atoms with Crippen LogP contribution >= 0.6 is 0 Å². The number of amides is 2. The number of nitrogens with one attached hydrogen (secondary N) is 2. The van der Waals surface area contributed by atoms with Gasteiger partial charge in [0.1, 0.15) is 29.6 Å². The fraction of sp³-hybridized carbons (Fsp3) is 0.312. The van der Waals surface area contributed by atoms with Gasteiger partial charge < -0.3 is 34.7 Å². The molecule has 0 fully saturated rings. The highest BCUT2D eigenvalue weighted by Crippen LogP contribution is 2.35. The monoisotopic (exact) mass is 786 g/mol. The second-order valence-corrected chi connectivity index (χ2v) is 14.8. The molecule has 0 heterocycles. The van der Waals surface area contributed by atoms with Crippen LogP contribution in [0.3, 0.4) is 0 Å². The molecular formula is C48H54N2O8. The second kappa shape index (κ2) is 20.8. The number of para-hydroxylation sites is 2. The van der Waals surface area contributed by atoms with E-state index >= 15 is 0 Å². The molecule has 0 aliphatic heterocycles. The summed E-state index contributed by atoms with van der Waals surface area (Å²) in [5.74, 6) is 0.316. The minimum atomic E-state index is -1.11. The quantitative estimate of drug-likeness (QED) is 0.0710. The van der Waals surface area contributed by atoms with Gasteiger partial charge in [-0.1, -0.05) is 95.6 Å². The molecule has 2 atom stereocenters. The van der Waals surface area contributed by atoms with Crippen LogP contribution in [0.2, 0.25) is 0 Å². The smallest absolute Gasteiger partial charge is 0.335 e. The van der Waals surface area contributed by atoms with Gasteiger partial charge in [-0.25, -0.2) is 4.79 Å². The Bertz CT molecular complexity index is 2170. The molecule has 304 valence electrons. The zero-order valence-electron chi connectivity index (χ0n) is 34.2. The number of ether oxygens (including phenoxy) is 4. The van der Waals surface area contributed by atoms with E-state index in [0.717, 1.165) is 36.0 Å². The van der Waals surface area contributed by atoms with E-state index in [2.05, 4.69) is 38.3 Å². The van der Waals surface area contributed by atoms with Crippen LogP contribution < -0.4 is 29.6 Å². The SMILES string of the molecule is CCC(C)COc1cc(-c2ccc(C(=O)Nc3ccccc3OC(C)CC)c(OCCC(C)C)c2)ccc1C(=O)Nc1ccc(C(=O)O)cc1OCc1ccccc1. The fourth-order valence-electron chi connectivity index (χ4n) is 5.74. The van der Waals surface area contributed by atoms with Gasteiger partial charge in [-0.3, -0.25) is 9.59 Å². The van der Waals surface area contributed by atoms with Gasteiger partial charge in [-0.15, -0.1) is 0 Å². The maximum Gasteiger partial charge on any atom is 0.335 e. The molecule has 3 N–H and O–H groups in total. The summed E-state index contributed by atoms with van der Waals surface area (Å²) in [6.07, 6.45) is 2.48. The van der Waals surface area contributed by atoms with Crippen LogP contribution in [0.1, 0.15) is 97.4 Å². The molecule has 0 aliphatic rings. The number of carbonyl (C=O) groups excluding carboxylic acids is 2. The van der Waals surface area contributed by atoms with Gasteiger partial charge in [0.05, 0.1) is 47.4 Å². The van der Waals surface area contributed by atoms with E-state index in [4.69, 9.17) is 18.9 Å².